The third-order valence-corrected chi connectivity index (χ3v) is 5.06. The quantitative estimate of drug-likeness (QED) is 0.648. The largest absolute Gasteiger partial charge is 0.447 e. The van der Waals surface area contributed by atoms with Gasteiger partial charge in [-0.3, -0.25) is 9.69 Å². The van der Waals surface area contributed by atoms with Crippen molar-refractivity contribution in [1.82, 2.24) is 4.98 Å². The molecule has 2 aromatic carbocycles. The minimum atomic E-state index is -0.635. The van der Waals surface area contributed by atoms with E-state index in [1.54, 1.807) is 13.0 Å². The van der Waals surface area contributed by atoms with E-state index >= 15 is 0 Å². The molecule has 0 saturated carbocycles. The van der Waals surface area contributed by atoms with Gasteiger partial charge in [0.05, 0.1) is 34.5 Å². The van der Waals surface area contributed by atoms with Crippen LogP contribution in [0.15, 0.2) is 41.2 Å². The van der Waals surface area contributed by atoms with Crippen molar-refractivity contribution >= 4 is 40.0 Å². The molecule has 2 heterocycles. The summed E-state index contributed by atoms with van der Waals surface area (Å²) < 4.78 is 33.5. The number of aromatic nitrogens is 1. The van der Waals surface area contributed by atoms with Gasteiger partial charge in [-0.25, -0.2) is 13.6 Å². The molecular weight excluding hydrogens is 404 g/mol. The first-order valence-electron chi connectivity index (χ1n) is 8.86. The van der Waals surface area contributed by atoms with Crippen molar-refractivity contribution in [3.05, 3.63) is 69.0 Å². The lowest BCUT2D eigenvalue weighted by atomic mass is 10.1. The standard InChI is InChI=1S/C20H16ClF2N3O3/c1-10(13-8-11-7-12(22)9-14(21)18(11)25-19(13)27)24-15-3-2-4-16(17(15)23)26-5-6-29-20(26)28/h2-4,7-10,24H,5-6H2,1H3,(H,25,27)/t10-/m0/s1. The molecule has 0 aliphatic carbocycles. The van der Waals surface area contributed by atoms with Crippen LogP contribution in [-0.4, -0.2) is 24.2 Å². The van der Waals surface area contributed by atoms with Gasteiger partial charge in [0, 0.05) is 10.9 Å². The molecule has 0 unspecified atom stereocenters. The van der Waals surface area contributed by atoms with Crippen LogP contribution in [0.4, 0.5) is 25.0 Å². The molecule has 4 rings (SSSR count). The van der Waals surface area contributed by atoms with Gasteiger partial charge in [0.15, 0.2) is 5.82 Å². The Labute approximate surface area is 169 Å². The van der Waals surface area contributed by atoms with Crippen molar-refractivity contribution in [2.45, 2.75) is 13.0 Å². The van der Waals surface area contributed by atoms with Crippen LogP contribution < -0.4 is 15.8 Å². The zero-order valence-corrected chi connectivity index (χ0v) is 16.0. The average molecular weight is 420 g/mol. The first-order valence-corrected chi connectivity index (χ1v) is 9.24. The number of nitrogens with zero attached hydrogens (tertiary/aromatic N) is 1. The van der Waals surface area contributed by atoms with Gasteiger partial charge in [-0.05, 0) is 37.3 Å². The number of fused-ring (bicyclic) bond motifs is 1. The number of ether oxygens (including phenoxy) is 1. The fourth-order valence-corrected chi connectivity index (χ4v) is 3.60. The number of hydrogen-bond acceptors (Lipinski definition) is 4. The lowest BCUT2D eigenvalue weighted by Gasteiger charge is -2.19. The summed E-state index contributed by atoms with van der Waals surface area (Å²) in [6, 6.07) is 7.85. The summed E-state index contributed by atoms with van der Waals surface area (Å²) in [7, 11) is 0. The van der Waals surface area contributed by atoms with Crippen molar-refractivity contribution in [3.63, 3.8) is 0 Å². The highest BCUT2D eigenvalue weighted by Gasteiger charge is 2.27. The maximum atomic E-state index is 15.0. The summed E-state index contributed by atoms with van der Waals surface area (Å²) in [6.07, 6.45) is -0.612. The molecule has 6 nitrogen and oxygen atoms in total. The smallest absolute Gasteiger partial charge is 0.414 e. The van der Waals surface area contributed by atoms with E-state index in [-0.39, 0.29) is 35.1 Å². The van der Waals surface area contributed by atoms with Crippen molar-refractivity contribution in [2.24, 2.45) is 0 Å². The number of halogens is 3. The molecule has 1 amide bonds. The van der Waals surface area contributed by atoms with E-state index in [4.69, 9.17) is 16.3 Å². The molecule has 150 valence electrons. The van der Waals surface area contributed by atoms with Crippen LogP contribution >= 0.6 is 11.6 Å². The van der Waals surface area contributed by atoms with Crippen LogP contribution in [0.25, 0.3) is 10.9 Å². The molecule has 1 fully saturated rings. The minimum absolute atomic E-state index is 0.0889. The number of carbonyl (C=O) groups is 1. The summed E-state index contributed by atoms with van der Waals surface area (Å²) >= 11 is 5.99. The molecule has 1 atom stereocenters. The molecular formula is C20H16ClF2N3O3. The predicted octanol–water partition coefficient (Wildman–Crippen LogP) is 4.59. The molecule has 0 radical (unpaired) electrons. The summed E-state index contributed by atoms with van der Waals surface area (Å²) in [5.41, 5.74) is 0.391. The van der Waals surface area contributed by atoms with Crippen LogP contribution in [-0.2, 0) is 4.74 Å². The number of anilines is 2. The highest BCUT2D eigenvalue weighted by molar-refractivity contribution is 6.35. The third-order valence-electron chi connectivity index (χ3n) is 4.77. The summed E-state index contributed by atoms with van der Waals surface area (Å²) in [6.45, 7) is 2.12. The molecule has 29 heavy (non-hydrogen) atoms. The van der Waals surface area contributed by atoms with Crippen LogP contribution in [0.5, 0.6) is 0 Å². The van der Waals surface area contributed by atoms with Crippen LogP contribution in [0.1, 0.15) is 18.5 Å². The Morgan fingerprint density at radius 2 is 2.03 bits per heavy atom. The van der Waals surface area contributed by atoms with Gasteiger partial charge in [-0.1, -0.05) is 17.7 Å². The monoisotopic (exact) mass is 419 g/mol. The highest BCUT2D eigenvalue weighted by Crippen LogP contribution is 2.30. The van der Waals surface area contributed by atoms with E-state index in [0.29, 0.717) is 10.9 Å². The van der Waals surface area contributed by atoms with E-state index < -0.39 is 29.3 Å². The zero-order valence-electron chi connectivity index (χ0n) is 15.3. The number of cyclic esters (lactones) is 1. The Bertz CT molecular complexity index is 1180. The van der Waals surface area contributed by atoms with Crippen molar-refractivity contribution in [2.75, 3.05) is 23.4 Å². The second kappa shape index (κ2) is 7.36. The van der Waals surface area contributed by atoms with Gasteiger partial charge in [0.1, 0.15) is 12.4 Å². The first-order chi connectivity index (χ1) is 13.8. The molecule has 1 saturated heterocycles. The highest BCUT2D eigenvalue weighted by atomic mass is 35.5. The van der Waals surface area contributed by atoms with Gasteiger partial charge in [0.2, 0.25) is 0 Å². The summed E-state index contributed by atoms with van der Waals surface area (Å²) in [4.78, 5) is 28.1. The van der Waals surface area contributed by atoms with Crippen LogP contribution in [0, 0.1) is 11.6 Å². The Balaban J connectivity index is 1.68. The van der Waals surface area contributed by atoms with E-state index in [9.17, 15) is 18.4 Å². The lowest BCUT2D eigenvalue weighted by Crippen LogP contribution is -2.25. The Morgan fingerprint density at radius 3 is 2.76 bits per heavy atom. The zero-order chi connectivity index (χ0) is 20.7. The number of nitrogens with one attached hydrogen (secondary N) is 2. The molecule has 1 aliphatic rings. The SMILES string of the molecule is C[C@H](Nc1cccc(N2CCOC2=O)c1F)c1cc2cc(F)cc(Cl)c2[nH]c1=O. The van der Waals surface area contributed by atoms with E-state index in [1.807, 2.05) is 0 Å². The lowest BCUT2D eigenvalue weighted by molar-refractivity contribution is 0.181. The van der Waals surface area contributed by atoms with Crippen molar-refractivity contribution in [3.8, 4) is 0 Å². The topological polar surface area (TPSA) is 74.4 Å². The van der Waals surface area contributed by atoms with Gasteiger partial charge in [-0.2, -0.15) is 0 Å². The Hall–Kier alpha value is -3.13. The number of H-pyrrole nitrogens is 1. The first kappa shape index (κ1) is 19.2. The molecule has 0 bridgehead atoms. The number of rotatable bonds is 4. The van der Waals surface area contributed by atoms with E-state index in [2.05, 4.69) is 10.3 Å². The van der Waals surface area contributed by atoms with Gasteiger partial charge >= 0.3 is 6.09 Å². The van der Waals surface area contributed by atoms with Crippen LogP contribution in [0.3, 0.4) is 0 Å². The normalized spacial score (nSPS) is 14.9. The van der Waals surface area contributed by atoms with Crippen LogP contribution in [0.2, 0.25) is 5.02 Å². The van der Waals surface area contributed by atoms with Crippen molar-refractivity contribution in [1.29, 1.82) is 0 Å². The minimum Gasteiger partial charge on any atom is -0.447 e. The summed E-state index contributed by atoms with van der Waals surface area (Å²) in [5, 5.41) is 3.46. The third kappa shape index (κ3) is 3.51. The van der Waals surface area contributed by atoms with E-state index in [1.165, 1.54) is 29.2 Å². The average Bonchev–Trinajstić information content (AvgIpc) is 3.09. The Kier molecular flexibility index (Phi) is 4.87. The van der Waals surface area contributed by atoms with Crippen molar-refractivity contribution < 1.29 is 18.3 Å². The maximum absolute atomic E-state index is 15.0. The number of amides is 1. The summed E-state index contributed by atoms with van der Waals surface area (Å²) in [5.74, 6) is -1.16. The predicted molar refractivity (Wildman–Crippen MR) is 107 cm³/mol. The van der Waals surface area contributed by atoms with E-state index in [0.717, 1.165) is 6.07 Å². The van der Waals surface area contributed by atoms with Gasteiger partial charge in [0.25, 0.3) is 5.56 Å². The second-order valence-electron chi connectivity index (χ2n) is 6.68. The number of hydrogen-bond donors (Lipinski definition) is 2. The number of benzene rings is 2. The van der Waals surface area contributed by atoms with Gasteiger partial charge < -0.3 is 15.0 Å². The Morgan fingerprint density at radius 1 is 1.24 bits per heavy atom. The number of aromatic amines is 1. The molecule has 2 N–H and O–H groups in total. The maximum Gasteiger partial charge on any atom is 0.414 e. The molecule has 1 aromatic heterocycles. The number of carbonyl (C=O) groups excluding carboxylic acids is 1. The molecule has 3 aromatic rings. The fraction of sp³-hybridized carbons (Fsp3) is 0.200. The molecule has 9 heteroatoms. The number of pyridine rings is 1. The fourth-order valence-electron chi connectivity index (χ4n) is 3.34. The second-order valence-corrected chi connectivity index (χ2v) is 7.08. The molecule has 1 aliphatic heterocycles. The van der Waals surface area contributed by atoms with Gasteiger partial charge in [-0.15, -0.1) is 0 Å². The molecule has 0 spiro atoms.